The SMILES string of the molecule is Cc1nc(-c2cncc(CCc3ccc(C(F)(F)F)cc3)n2)sc1C(=O)O. The van der Waals surface area contributed by atoms with Crippen molar-refractivity contribution in [2.75, 3.05) is 0 Å². The summed E-state index contributed by atoms with van der Waals surface area (Å²) in [6, 6.07) is 5.01. The topological polar surface area (TPSA) is 76.0 Å². The lowest BCUT2D eigenvalue weighted by molar-refractivity contribution is -0.137. The molecule has 0 radical (unpaired) electrons. The zero-order valence-electron chi connectivity index (χ0n) is 14.1. The highest BCUT2D eigenvalue weighted by Crippen LogP contribution is 2.29. The van der Waals surface area contributed by atoms with Crippen LogP contribution in [0.5, 0.6) is 0 Å². The molecular formula is C18H14F3N3O2S. The van der Waals surface area contributed by atoms with E-state index in [1.807, 2.05) is 0 Å². The number of benzene rings is 1. The summed E-state index contributed by atoms with van der Waals surface area (Å²) in [7, 11) is 0. The number of aromatic carboxylic acids is 1. The highest BCUT2D eigenvalue weighted by molar-refractivity contribution is 7.17. The Kier molecular flexibility index (Phi) is 5.22. The number of aromatic nitrogens is 3. The first kappa shape index (κ1) is 19.0. The summed E-state index contributed by atoms with van der Waals surface area (Å²) in [6.07, 6.45) is -0.271. The molecular weight excluding hydrogens is 379 g/mol. The molecule has 3 aromatic rings. The second-order valence-electron chi connectivity index (χ2n) is 5.83. The molecule has 0 aliphatic heterocycles. The van der Waals surface area contributed by atoms with Gasteiger partial charge in [0.05, 0.1) is 23.1 Å². The number of carbonyl (C=O) groups is 1. The van der Waals surface area contributed by atoms with E-state index in [1.165, 1.54) is 18.3 Å². The fraction of sp³-hybridized carbons (Fsp3) is 0.222. The fourth-order valence-corrected chi connectivity index (χ4v) is 3.33. The molecule has 1 aromatic carbocycles. The standard InChI is InChI=1S/C18H14F3N3O2S/c1-10-15(17(25)26)27-16(23-10)14-9-22-8-13(24-14)7-4-11-2-5-12(6-3-11)18(19,20)21/h2-3,5-6,8-9H,4,7H2,1H3,(H,25,26). The maximum Gasteiger partial charge on any atom is 0.416 e. The van der Waals surface area contributed by atoms with Gasteiger partial charge in [0.25, 0.3) is 0 Å². The van der Waals surface area contributed by atoms with Crippen LogP contribution in [-0.4, -0.2) is 26.0 Å². The summed E-state index contributed by atoms with van der Waals surface area (Å²) >= 11 is 1.03. The number of thiazole rings is 1. The summed E-state index contributed by atoms with van der Waals surface area (Å²) in [5.41, 5.74) is 1.62. The van der Waals surface area contributed by atoms with Crippen molar-refractivity contribution in [3.63, 3.8) is 0 Å². The summed E-state index contributed by atoms with van der Waals surface area (Å²) < 4.78 is 37.8. The molecule has 0 saturated carbocycles. The van der Waals surface area contributed by atoms with Crippen LogP contribution in [0.25, 0.3) is 10.7 Å². The Balaban J connectivity index is 1.73. The van der Waals surface area contributed by atoms with Crippen LogP contribution in [0, 0.1) is 6.92 Å². The Morgan fingerprint density at radius 1 is 1.11 bits per heavy atom. The van der Waals surface area contributed by atoms with Gasteiger partial charge in [-0.05, 0) is 37.5 Å². The van der Waals surface area contributed by atoms with E-state index in [-0.39, 0.29) is 4.88 Å². The van der Waals surface area contributed by atoms with Gasteiger partial charge >= 0.3 is 12.1 Å². The molecule has 27 heavy (non-hydrogen) atoms. The van der Waals surface area contributed by atoms with Crippen LogP contribution in [0.1, 0.15) is 32.2 Å². The van der Waals surface area contributed by atoms with Crippen molar-refractivity contribution in [2.24, 2.45) is 0 Å². The highest BCUT2D eigenvalue weighted by atomic mass is 32.1. The molecule has 0 unspecified atom stereocenters. The molecule has 0 fully saturated rings. The van der Waals surface area contributed by atoms with Crippen molar-refractivity contribution in [2.45, 2.75) is 25.9 Å². The summed E-state index contributed by atoms with van der Waals surface area (Å²) in [4.78, 5) is 24.1. The first-order chi connectivity index (χ1) is 12.7. The maximum atomic E-state index is 12.6. The molecule has 0 atom stereocenters. The molecule has 3 rings (SSSR count). The minimum absolute atomic E-state index is 0.155. The van der Waals surface area contributed by atoms with Gasteiger partial charge in [0.15, 0.2) is 0 Å². The van der Waals surface area contributed by atoms with Gasteiger partial charge < -0.3 is 5.11 Å². The van der Waals surface area contributed by atoms with Crippen LogP contribution in [0.2, 0.25) is 0 Å². The molecule has 1 N–H and O–H groups in total. The first-order valence-electron chi connectivity index (χ1n) is 7.92. The Bertz CT molecular complexity index is 969. The largest absolute Gasteiger partial charge is 0.477 e. The van der Waals surface area contributed by atoms with Gasteiger partial charge in [0, 0.05) is 6.20 Å². The van der Waals surface area contributed by atoms with Gasteiger partial charge in [0.1, 0.15) is 15.6 Å². The molecule has 5 nitrogen and oxygen atoms in total. The first-order valence-corrected chi connectivity index (χ1v) is 8.74. The van der Waals surface area contributed by atoms with E-state index in [4.69, 9.17) is 5.11 Å². The zero-order chi connectivity index (χ0) is 19.6. The Hall–Kier alpha value is -2.81. The van der Waals surface area contributed by atoms with Crippen molar-refractivity contribution < 1.29 is 23.1 Å². The second-order valence-corrected chi connectivity index (χ2v) is 6.83. The number of carboxylic acid groups (broad SMARTS) is 1. The number of alkyl halides is 3. The van der Waals surface area contributed by atoms with E-state index in [0.29, 0.717) is 34.9 Å². The summed E-state index contributed by atoms with van der Waals surface area (Å²) in [5.74, 6) is -1.04. The molecule has 0 saturated heterocycles. The van der Waals surface area contributed by atoms with Crippen molar-refractivity contribution >= 4 is 17.3 Å². The second kappa shape index (κ2) is 7.43. The van der Waals surface area contributed by atoms with Crippen molar-refractivity contribution in [1.29, 1.82) is 0 Å². The average Bonchev–Trinajstić information content (AvgIpc) is 3.02. The average molecular weight is 393 g/mol. The van der Waals surface area contributed by atoms with Gasteiger partial charge in [-0.2, -0.15) is 13.2 Å². The van der Waals surface area contributed by atoms with Crippen LogP contribution >= 0.6 is 11.3 Å². The van der Waals surface area contributed by atoms with Gasteiger partial charge in [-0.1, -0.05) is 12.1 Å². The predicted molar refractivity (Wildman–Crippen MR) is 93.7 cm³/mol. The van der Waals surface area contributed by atoms with Crippen LogP contribution in [0.4, 0.5) is 13.2 Å². The molecule has 0 amide bonds. The van der Waals surface area contributed by atoms with Gasteiger partial charge in [-0.3, -0.25) is 4.98 Å². The van der Waals surface area contributed by atoms with E-state index < -0.39 is 17.7 Å². The number of nitrogens with zero attached hydrogens (tertiary/aromatic N) is 3. The lowest BCUT2D eigenvalue weighted by Gasteiger charge is -2.07. The number of hydrogen-bond donors (Lipinski definition) is 1. The molecule has 2 heterocycles. The van der Waals surface area contributed by atoms with E-state index in [1.54, 1.807) is 13.1 Å². The van der Waals surface area contributed by atoms with E-state index in [2.05, 4.69) is 15.0 Å². The molecule has 0 spiro atoms. The zero-order valence-corrected chi connectivity index (χ0v) is 14.9. The third-order valence-electron chi connectivity index (χ3n) is 3.85. The lowest BCUT2D eigenvalue weighted by Crippen LogP contribution is -2.04. The predicted octanol–water partition coefficient (Wildman–Crippen LogP) is 4.41. The van der Waals surface area contributed by atoms with Crippen molar-refractivity contribution in [3.05, 3.63) is 64.1 Å². The van der Waals surface area contributed by atoms with Crippen LogP contribution in [0.3, 0.4) is 0 Å². The van der Waals surface area contributed by atoms with Crippen molar-refractivity contribution in [3.8, 4) is 10.7 Å². The van der Waals surface area contributed by atoms with E-state index in [9.17, 15) is 18.0 Å². The Morgan fingerprint density at radius 3 is 2.41 bits per heavy atom. The van der Waals surface area contributed by atoms with Crippen LogP contribution < -0.4 is 0 Å². The molecule has 0 aliphatic carbocycles. The normalized spacial score (nSPS) is 11.6. The Labute approximate surface area is 156 Å². The van der Waals surface area contributed by atoms with Crippen LogP contribution in [-0.2, 0) is 19.0 Å². The number of hydrogen-bond acceptors (Lipinski definition) is 5. The molecule has 0 aliphatic rings. The molecule has 9 heteroatoms. The molecule has 140 valence electrons. The van der Waals surface area contributed by atoms with Gasteiger partial charge in [0.2, 0.25) is 0 Å². The number of carboxylic acids is 1. The van der Waals surface area contributed by atoms with Crippen molar-refractivity contribution in [1.82, 2.24) is 15.0 Å². The maximum absolute atomic E-state index is 12.6. The number of halogens is 3. The molecule has 0 bridgehead atoms. The highest BCUT2D eigenvalue weighted by Gasteiger charge is 2.29. The van der Waals surface area contributed by atoms with Crippen LogP contribution in [0.15, 0.2) is 36.7 Å². The lowest BCUT2D eigenvalue weighted by atomic mass is 10.1. The summed E-state index contributed by atoms with van der Waals surface area (Å²) in [6.45, 7) is 1.62. The van der Waals surface area contributed by atoms with Gasteiger partial charge in [-0.25, -0.2) is 14.8 Å². The summed E-state index contributed by atoms with van der Waals surface area (Å²) in [5, 5.41) is 9.59. The van der Waals surface area contributed by atoms with Gasteiger partial charge in [-0.15, -0.1) is 11.3 Å². The number of rotatable bonds is 5. The van der Waals surface area contributed by atoms with E-state index in [0.717, 1.165) is 29.0 Å². The Morgan fingerprint density at radius 2 is 1.81 bits per heavy atom. The molecule has 2 aromatic heterocycles. The monoisotopic (exact) mass is 393 g/mol. The number of aryl methyl sites for hydroxylation is 3. The minimum Gasteiger partial charge on any atom is -0.477 e. The minimum atomic E-state index is -4.35. The van der Waals surface area contributed by atoms with E-state index >= 15 is 0 Å². The smallest absolute Gasteiger partial charge is 0.416 e. The third kappa shape index (κ3) is 4.48. The fourth-order valence-electron chi connectivity index (χ4n) is 2.47. The third-order valence-corrected chi connectivity index (χ3v) is 5.01. The quantitative estimate of drug-likeness (QED) is 0.695.